The maximum absolute atomic E-state index is 13.3. The number of pyridine rings is 1. The van der Waals surface area contributed by atoms with Gasteiger partial charge in [0.25, 0.3) is 0 Å². The molecule has 0 spiro atoms. The zero-order chi connectivity index (χ0) is 15.6. The lowest BCUT2D eigenvalue weighted by molar-refractivity contribution is -0.137. The van der Waals surface area contributed by atoms with Crippen molar-refractivity contribution in [2.45, 2.75) is 12.1 Å². The number of nitrogens with zero attached hydrogens (tertiary/aromatic N) is 2. The van der Waals surface area contributed by atoms with E-state index in [-0.39, 0.29) is 11.3 Å². The first-order valence-electron chi connectivity index (χ1n) is 5.70. The van der Waals surface area contributed by atoms with Gasteiger partial charge in [0.2, 0.25) is 0 Å². The van der Waals surface area contributed by atoms with Crippen LogP contribution >= 0.6 is 0 Å². The Labute approximate surface area is 116 Å². The van der Waals surface area contributed by atoms with E-state index >= 15 is 0 Å². The van der Waals surface area contributed by atoms with E-state index in [1.807, 2.05) is 0 Å². The van der Waals surface area contributed by atoms with Crippen LogP contribution in [0.3, 0.4) is 0 Å². The van der Waals surface area contributed by atoms with Gasteiger partial charge in [-0.15, -0.1) is 0 Å². The first kappa shape index (κ1) is 14.9. The van der Waals surface area contributed by atoms with Crippen molar-refractivity contribution >= 4 is 0 Å². The van der Waals surface area contributed by atoms with Crippen LogP contribution in [0.15, 0.2) is 36.5 Å². The Morgan fingerprint density at radius 1 is 1.05 bits per heavy atom. The molecule has 1 aromatic heterocycles. The SMILES string of the molecule is N#CC(c1cc(F)cc(C(F)(F)F)c1)c1ccc(F)cn1. The zero-order valence-corrected chi connectivity index (χ0v) is 10.3. The van der Waals surface area contributed by atoms with Gasteiger partial charge in [0.05, 0.1) is 23.5 Å². The van der Waals surface area contributed by atoms with Crippen molar-refractivity contribution in [3.63, 3.8) is 0 Å². The summed E-state index contributed by atoms with van der Waals surface area (Å²) in [5, 5.41) is 9.10. The van der Waals surface area contributed by atoms with Crippen LogP contribution in [0.4, 0.5) is 22.0 Å². The van der Waals surface area contributed by atoms with Crippen LogP contribution in [0.1, 0.15) is 22.7 Å². The minimum absolute atomic E-state index is 0.0395. The molecule has 21 heavy (non-hydrogen) atoms. The monoisotopic (exact) mass is 298 g/mol. The molecule has 1 atom stereocenters. The summed E-state index contributed by atoms with van der Waals surface area (Å²) in [6.45, 7) is 0. The highest BCUT2D eigenvalue weighted by Gasteiger charge is 2.32. The molecule has 0 fully saturated rings. The standard InChI is InChI=1S/C14H7F5N2/c15-10-1-2-13(21-7-10)12(6-20)8-3-9(14(17,18)19)5-11(16)4-8/h1-5,7,12H. The fraction of sp³-hybridized carbons (Fsp3) is 0.143. The number of nitriles is 1. The van der Waals surface area contributed by atoms with Gasteiger partial charge in [-0.2, -0.15) is 18.4 Å². The molecule has 108 valence electrons. The third-order valence-corrected chi connectivity index (χ3v) is 2.76. The Bertz CT molecular complexity index is 686. The van der Waals surface area contributed by atoms with E-state index in [2.05, 4.69) is 4.98 Å². The first-order chi connectivity index (χ1) is 9.81. The molecule has 0 amide bonds. The Balaban J connectivity index is 2.51. The van der Waals surface area contributed by atoms with E-state index in [1.54, 1.807) is 6.07 Å². The summed E-state index contributed by atoms with van der Waals surface area (Å²) in [5.74, 6) is -2.98. The van der Waals surface area contributed by atoms with E-state index in [0.29, 0.717) is 12.1 Å². The lowest BCUT2D eigenvalue weighted by Crippen LogP contribution is -2.09. The van der Waals surface area contributed by atoms with Crippen LogP contribution in [0.2, 0.25) is 0 Å². The van der Waals surface area contributed by atoms with Gasteiger partial charge < -0.3 is 0 Å². The van der Waals surface area contributed by atoms with Crippen molar-refractivity contribution in [3.05, 3.63) is 65.0 Å². The van der Waals surface area contributed by atoms with Gasteiger partial charge in [-0.25, -0.2) is 8.78 Å². The van der Waals surface area contributed by atoms with Gasteiger partial charge in [0.1, 0.15) is 17.6 Å². The second-order valence-corrected chi connectivity index (χ2v) is 4.23. The molecule has 0 bridgehead atoms. The predicted molar refractivity (Wildman–Crippen MR) is 63.1 cm³/mol. The van der Waals surface area contributed by atoms with Gasteiger partial charge in [-0.05, 0) is 35.9 Å². The predicted octanol–water partition coefficient (Wildman–Crippen LogP) is 4.03. The summed E-state index contributed by atoms with van der Waals surface area (Å²) in [6, 6.07) is 5.79. The van der Waals surface area contributed by atoms with Crippen LogP contribution in [0.25, 0.3) is 0 Å². The minimum Gasteiger partial charge on any atom is -0.256 e. The van der Waals surface area contributed by atoms with Crippen LogP contribution in [-0.4, -0.2) is 4.98 Å². The summed E-state index contributed by atoms with van der Waals surface area (Å²) in [4.78, 5) is 3.65. The number of aromatic nitrogens is 1. The molecule has 0 aliphatic heterocycles. The van der Waals surface area contributed by atoms with Crippen molar-refractivity contribution in [1.82, 2.24) is 4.98 Å². The highest BCUT2D eigenvalue weighted by atomic mass is 19.4. The minimum atomic E-state index is -4.73. The van der Waals surface area contributed by atoms with Gasteiger partial charge in [0.15, 0.2) is 0 Å². The molecule has 0 radical (unpaired) electrons. The number of hydrogen-bond acceptors (Lipinski definition) is 2. The Kier molecular flexibility index (Phi) is 3.89. The molecule has 1 unspecified atom stereocenters. The molecule has 0 aliphatic rings. The number of benzene rings is 1. The Morgan fingerprint density at radius 3 is 2.29 bits per heavy atom. The van der Waals surface area contributed by atoms with Crippen LogP contribution in [0.5, 0.6) is 0 Å². The van der Waals surface area contributed by atoms with Crippen LogP contribution in [0, 0.1) is 23.0 Å². The summed E-state index contributed by atoms with van der Waals surface area (Å²) in [6.07, 6.45) is -3.89. The Morgan fingerprint density at radius 2 is 1.76 bits per heavy atom. The Hall–Kier alpha value is -2.49. The van der Waals surface area contributed by atoms with Crippen molar-refractivity contribution in [2.75, 3.05) is 0 Å². The molecule has 7 heteroatoms. The van der Waals surface area contributed by atoms with E-state index in [0.717, 1.165) is 18.3 Å². The van der Waals surface area contributed by atoms with Crippen LogP contribution in [-0.2, 0) is 6.18 Å². The van der Waals surface area contributed by atoms with Gasteiger partial charge in [0, 0.05) is 0 Å². The average molecular weight is 298 g/mol. The molecule has 2 aromatic rings. The molecule has 1 heterocycles. The summed E-state index contributed by atoms with van der Waals surface area (Å²) < 4.78 is 64.1. The van der Waals surface area contributed by atoms with Crippen molar-refractivity contribution < 1.29 is 22.0 Å². The maximum Gasteiger partial charge on any atom is 0.416 e. The van der Waals surface area contributed by atoms with E-state index in [9.17, 15) is 22.0 Å². The molecule has 2 rings (SSSR count). The number of halogens is 5. The fourth-order valence-corrected chi connectivity index (χ4v) is 1.81. The number of alkyl halides is 3. The maximum atomic E-state index is 13.3. The molecule has 0 aliphatic carbocycles. The largest absolute Gasteiger partial charge is 0.416 e. The summed E-state index contributed by atoms with van der Waals surface area (Å²) >= 11 is 0. The first-order valence-corrected chi connectivity index (χ1v) is 5.70. The number of hydrogen-bond donors (Lipinski definition) is 0. The summed E-state index contributed by atoms with van der Waals surface area (Å²) in [5.41, 5.74) is -1.35. The molecule has 0 saturated heterocycles. The highest BCUT2D eigenvalue weighted by molar-refractivity contribution is 5.38. The lowest BCUT2D eigenvalue weighted by atomic mass is 9.94. The smallest absolute Gasteiger partial charge is 0.256 e. The van der Waals surface area contributed by atoms with E-state index < -0.39 is 29.3 Å². The number of rotatable bonds is 2. The summed E-state index contributed by atoms with van der Waals surface area (Å²) in [7, 11) is 0. The van der Waals surface area contributed by atoms with Gasteiger partial charge in [-0.1, -0.05) is 0 Å². The molecule has 0 N–H and O–H groups in total. The molecular formula is C14H7F5N2. The fourth-order valence-electron chi connectivity index (χ4n) is 1.81. The van der Waals surface area contributed by atoms with Crippen molar-refractivity contribution in [2.24, 2.45) is 0 Å². The molecular weight excluding hydrogens is 291 g/mol. The third-order valence-electron chi connectivity index (χ3n) is 2.76. The quantitative estimate of drug-likeness (QED) is 0.785. The topological polar surface area (TPSA) is 36.7 Å². The third kappa shape index (κ3) is 3.34. The zero-order valence-electron chi connectivity index (χ0n) is 10.3. The molecule has 1 aromatic carbocycles. The lowest BCUT2D eigenvalue weighted by Gasteiger charge is -2.13. The van der Waals surface area contributed by atoms with E-state index in [1.165, 1.54) is 6.07 Å². The average Bonchev–Trinajstić information content (AvgIpc) is 2.40. The van der Waals surface area contributed by atoms with Gasteiger partial charge >= 0.3 is 6.18 Å². The van der Waals surface area contributed by atoms with Crippen LogP contribution < -0.4 is 0 Å². The second kappa shape index (κ2) is 5.48. The van der Waals surface area contributed by atoms with E-state index in [4.69, 9.17) is 5.26 Å². The van der Waals surface area contributed by atoms with Gasteiger partial charge in [-0.3, -0.25) is 4.98 Å². The molecule has 2 nitrogen and oxygen atoms in total. The highest BCUT2D eigenvalue weighted by Crippen LogP contribution is 2.33. The van der Waals surface area contributed by atoms with Crippen molar-refractivity contribution in [1.29, 1.82) is 5.26 Å². The van der Waals surface area contributed by atoms with Crippen molar-refractivity contribution in [3.8, 4) is 6.07 Å². The second-order valence-electron chi connectivity index (χ2n) is 4.23. The normalized spacial score (nSPS) is 12.8. The molecule has 0 saturated carbocycles.